The van der Waals surface area contributed by atoms with Crippen LogP contribution in [0.5, 0.6) is 5.75 Å². The van der Waals surface area contributed by atoms with Crippen LogP contribution in [0.25, 0.3) is 6.08 Å². The van der Waals surface area contributed by atoms with Gasteiger partial charge in [-0.05, 0) is 61.1 Å². The second-order valence-electron chi connectivity index (χ2n) is 8.59. The van der Waals surface area contributed by atoms with Gasteiger partial charge >= 0.3 is 0 Å². The number of hydrogen-bond acceptors (Lipinski definition) is 3. The molecule has 1 atom stereocenters. The summed E-state index contributed by atoms with van der Waals surface area (Å²) in [4.78, 5) is 27.9. The maximum absolute atomic E-state index is 13.4. The second-order valence-corrected chi connectivity index (χ2v) is 8.59. The molecule has 2 amide bonds. The SMILES string of the molecule is Cc1cccc(/C=C2/Oc3ccccc3N(CC(=O)N[C@@H]3CCCc4ccccc43)C2=O)c1. The lowest BCUT2D eigenvalue weighted by Gasteiger charge is -2.31. The molecule has 33 heavy (non-hydrogen) atoms. The number of benzene rings is 3. The highest BCUT2D eigenvalue weighted by atomic mass is 16.5. The van der Waals surface area contributed by atoms with Crippen molar-refractivity contribution in [2.45, 2.75) is 32.2 Å². The van der Waals surface area contributed by atoms with E-state index in [9.17, 15) is 9.59 Å². The molecule has 0 saturated carbocycles. The molecule has 1 N–H and O–H groups in total. The Morgan fingerprint density at radius 3 is 2.79 bits per heavy atom. The lowest BCUT2D eigenvalue weighted by atomic mass is 9.88. The highest BCUT2D eigenvalue weighted by molar-refractivity contribution is 6.12. The molecule has 3 aromatic carbocycles. The smallest absolute Gasteiger partial charge is 0.294 e. The maximum atomic E-state index is 13.4. The molecule has 0 aromatic heterocycles. The fraction of sp³-hybridized carbons (Fsp3) is 0.214. The minimum Gasteiger partial charge on any atom is -0.449 e. The van der Waals surface area contributed by atoms with E-state index in [1.165, 1.54) is 16.0 Å². The van der Waals surface area contributed by atoms with E-state index in [2.05, 4.69) is 17.4 Å². The van der Waals surface area contributed by atoms with Gasteiger partial charge in [0.25, 0.3) is 5.91 Å². The van der Waals surface area contributed by atoms with E-state index in [-0.39, 0.29) is 30.2 Å². The molecule has 166 valence electrons. The number of nitrogens with one attached hydrogen (secondary N) is 1. The first-order chi connectivity index (χ1) is 16.1. The van der Waals surface area contributed by atoms with Gasteiger partial charge in [0.1, 0.15) is 6.54 Å². The molecule has 0 bridgehead atoms. The van der Waals surface area contributed by atoms with Crippen LogP contribution in [-0.2, 0) is 16.0 Å². The van der Waals surface area contributed by atoms with Gasteiger partial charge in [-0.25, -0.2) is 0 Å². The second kappa shape index (κ2) is 8.94. The number of hydrogen-bond donors (Lipinski definition) is 1. The van der Waals surface area contributed by atoms with Crippen molar-refractivity contribution in [1.29, 1.82) is 0 Å². The zero-order valence-corrected chi connectivity index (χ0v) is 18.6. The van der Waals surface area contributed by atoms with Gasteiger partial charge in [-0.3, -0.25) is 14.5 Å². The molecule has 1 heterocycles. The lowest BCUT2D eigenvalue weighted by molar-refractivity contribution is -0.124. The predicted octanol–water partition coefficient (Wildman–Crippen LogP) is 4.96. The summed E-state index contributed by atoms with van der Waals surface area (Å²) < 4.78 is 5.93. The third-order valence-corrected chi connectivity index (χ3v) is 6.18. The van der Waals surface area contributed by atoms with Crippen LogP contribution in [0.15, 0.2) is 78.6 Å². The van der Waals surface area contributed by atoms with Crippen LogP contribution in [0.3, 0.4) is 0 Å². The monoisotopic (exact) mass is 438 g/mol. The van der Waals surface area contributed by atoms with Gasteiger partial charge in [-0.2, -0.15) is 0 Å². The van der Waals surface area contributed by atoms with E-state index < -0.39 is 0 Å². The van der Waals surface area contributed by atoms with Gasteiger partial charge in [0, 0.05) is 0 Å². The van der Waals surface area contributed by atoms with Gasteiger partial charge in [0.15, 0.2) is 11.5 Å². The lowest BCUT2D eigenvalue weighted by Crippen LogP contribution is -2.45. The Kier molecular flexibility index (Phi) is 5.69. The number of nitrogens with zero attached hydrogens (tertiary/aromatic N) is 1. The Bertz CT molecular complexity index is 1250. The van der Waals surface area contributed by atoms with Crippen molar-refractivity contribution in [3.8, 4) is 5.75 Å². The predicted molar refractivity (Wildman–Crippen MR) is 129 cm³/mol. The van der Waals surface area contributed by atoms with Crippen LogP contribution in [-0.4, -0.2) is 18.4 Å². The number of ether oxygens (including phenoxy) is 1. The van der Waals surface area contributed by atoms with Crippen LogP contribution < -0.4 is 15.0 Å². The van der Waals surface area contributed by atoms with E-state index >= 15 is 0 Å². The molecular weight excluding hydrogens is 412 g/mol. The Balaban J connectivity index is 1.40. The third-order valence-electron chi connectivity index (χ3n) is 6.18. The fourth-order valence-electron chi connectivity index (χ4n) is 4.62. The van der Waals surface area contributed by atoms with E-state index in [1.807, 2.05) is 61.5 Å². The molecular formula is C28H26N2O3. The Hall–Kier alpha value is -3.86. The van der Waals surface area contributed by atoms with Crippen molar-refractivity contribution in [2.75, 3.05) is 11.4 Å². The molecule has 1 aliphatic heterocycles. The molecule has 3 aromatic rings. The molecule has 5 nitrogen and oxygen atoms in total. The summed E-state index contributed by atoms with van der Waals surface area (Å²) in [6.07, 6.45) is 4.69. The summed E-state index contributed by atoms with van der Waals surface area (Å²) in [7, 11) is 0. The molecule has 0 radical (unpaired) electrons. The van der Waals surface area contributed by atoms with E-state index in [0.29, 0.717) is 11.4 Å². The number of aryl methyl sites for hydroxylation is 2. The van der Waals surface area contributed by atoms with Crippen molar-refractivity contribution >= 4 is 23.6 Å². The van der Waals surface area contributed by atoms with Crippen molar-refractivity contribution in [3.63, 3.8) is 0 Å². The number of amides is 2. The van der Waals surface area contributed by atoms with Gasteiger partial charge in [-0.15, -0.1) is 0 Å². The van der Waals surface area contributed by atoms with Crippen LogP contribution >= 0.6 is 0 Å². The molecule has 5 rings (SSSR count). The average Bonchev–Trinajstić information content (AvgIpc) is 2.82. The first kappa shape index (κ1) is 21.0. The summed E-state index contributed by atoms with van der Waals surface area (Å²) in [5.41, 5.74) is 5.03. The number of fused-ring (bicyclic) bond motifs is 2. The van der Waals surface area contributed by atoms with Crippen molar-refractivity contribution in [2.24, 2.45) is 0 Å². The topological polar surface area (TPSA) is 58.6 Å². The first-order valence-corrected chi connectivity index (χ1v) is 11.3. The Morgan fingerprint density at radius 1 is 1.09 bits per heavy atom. The van der Waals surface area contributed by atoms with E-state index in [4.69, 9.17) is 4.74 Å². The van der Waals surface area contributed by atoms with Crippen molar-refractivity contribution < 1.29 is 14.3 Å². The van der Waals surface area contributed by atoms with Crippen LogP contribution in [0.2, 0.25) is 0 Å². The van der Waals surface area contributed by atoms with E-state index in [1.54, 1.807) is 12.1 Å². The van der Waals surface area contributed by atoms with Gasteiger partial charge < -0.3 is 10.1 Å². The minimum absolute atomic E-state index is 0.0313. The molecule has 5 heteroatoms. The third kappa shape index (κ3) is 4.40. The highest BCUT2D eigenvalue weighted by Crippen LogP contribution is 2.36. The van der Waals surface area contributed by atoms with Gasteiger partial charge in [0.2, 0.25) is 5.91 Å². The quantitative estimate of drug-likeness (QED) is 0.586. The van der Waals surface area contributed by atoms with Crippen molar-refractivity contribution in [3.05, 3.63) is 101 Å². The molecule has 2 aliphatic rings. The first-order valence-electron chi connectivity index (χ1n) is 11.3. The highest BCUT2D eigenvalue weighted by Gasteiger charge is 2.32. The summed E-state index contributed by atoms with van der Waals surface area (Å²) in [5.74, 6) is 0.257. The average molecular weight is 439 g/mol. The molecule has 0 fully saturated rings. The van der Waals surface area contributed by atoms with Crippen molar-refractivity contribution in [1.82, 2.24) is 5.32 Å². The summed E-state index contributed by atoms with van der Waals surface area (Å²) >= 11 is 0. The molecule has 0 unspecified atom stereocenters. The van der Waals surface area contributed by atoms with E-state index in [0.717, 1.165) is 30.4 Å². The number of para-hydroxylation sites is 2. The summed E-state index contributed by atoms with van der Waals surface area (Å²) in [6.45, 7) is 1.93. The molecule has 0 saturated heterocycles. The molecule has 0 spiro atoms. The Labute approximate surface area is 193 Å². The van der Waals surface area contributed by atoms with Gasteiger partial charge in [-0.1, -0.05) is 66.2 Å². The van der Waals surface area contributed by atoms with Crippen LogP contribution in [0, 0.1) is 6.92 Å². The number of carbonyl (C=O) groups is 2. The standard InChI is InChI=1S/C28H26N2O3/c1-19-8-6-9-20(16-19)17-26-28(32)30(24-14-4-5-15-25(24)33-26)18-27(31)29-23-13-7-11-21-10-2-3-12-22(21)23/h2-6,8-10,12,14-17,23H,7,11,13,18H2,1H3,(H,29,31)/b26-17+/t23-/m1/s1. The fourth-order valence-corrected chi connectivity index (χ4v) is 4.62. The van der Waals surface area contributed by atoms with Gasteiger partial charge in [0.05, 0.1) is 11.7 Å². The largest absolute Gasteiger partial charge is 0.449 e. The van der Waals surface area contributed by atoms with Crippen LogP contribution in [0.1, 0.15) is 41.1 Å². The zero-order chi connectivity index (χ0) is 22.8. The summed E-state index contributed by atoms with van der Waals surface area (Å²) in [5, 5.41) is 3.15. The maximum Gasteiger partial charge on any atom is 0.294 e. The summed E-state index contributed by atoms with van der Waals surface area (Å²) in [6, 6.07) is 23.4. The number of anilines is 1. The normalized spacial score (nSPS) is 18.3. The Morgan fingerprint density at radius 2 is 1.91 bits per heavy atom. The number of carbonyl (C=O) groups excluding carboxylic acids is 2. The number of rotatable bonds is 4. The molecule has 1 aliphatic carbocycles. The minimum atomic E-state index is -0.325. The van der Waals surface area contributed by atoms with Crippen LogP contribution in [0.4, 0.5) is 5.69 Å². The zero-order valence-electron chi connectivity index (χ0n) is 18.6.